The van der Waals surface area contributed by atoms with Crippen molar-refractivity contribution in [1.82, 2.24) is 4.90 Å². The van der Waals surface area contributed by atoms with Crippen molar-refractivity contribution in [2.45, 2.75) is 13.8 Å². The van der Waals surface area contributed by atoms with E-state index in [1.807, 2.05) is 36.9 Å². The van der Waals surface area contributed by atoms with E-state index in [4.69, 9.17) is 13.9 Å². The number of fused-ring (bicyclic) bond motifs is 1. The summed E-state index contributed by atoms with van der Waals surface area (Å²) in [5.74, 6) is 0.732. The Morgan fingerprint density at radius 3 is 2.59 bits per heavy atom. The van der Waals surface area contributed by atoms with E-state index < -0.39 is 0 Å². The lowest BCUT2D eigenvalue weighted by molar-refractivity contribution is -0.129. The van der Waals surface area contributed by atoms with Crippen LogP contribution in [0.5, 0.6) is 5.75 Å². The second kappa shape index (κ2) is 8.13. The van der Waals surface area contributed by atoms with Crippen LogP contribution in [0.2, 0.25) is 0 Å². The molecule has 0 bridgehead atoms. The molecule has 0 atom stereocenters. The molecule has 0 radical (unpaired) electrons. The standard InChI is InChI=1S/C24H25NO4/c1-16(13-22(26)25-9-11-28-12-10-25)19-14-20-21(18-7-5-4-6-8-18)15-29-24(20)17(2)23(19)27-3/h4-8,13-15H,9-12H2,1-3H3/b16-13+. The number of aryl methyl sites for hydroxylation is 1. The predicted octanol–water partition coefficient (Wildman–Crippen LogP) is 4.68. The zero-order valence-electron chi connectivity index (χ0n) is 17.0. The highest BCUT2D eigenvalue weighted by atomic mass is 16.5. The molecule has 0 saturated carbocycles. The molecule has 1 aliphatic heterocycles. The van der Waals surface area contributed by atoms with Gasteiger partial charge in [0.25, 0.3) is 0 Å². The van der Waals surface area contributed by atoms with Gasteiger partial charge in [-0.3, -0.25) is 4.79 Å². The van der Waals surface area contributed by atoms with Gasteiger partial charge in [-0.25, -0.2) is 0 Å². The molecule has 2 aromatic carbocycles. The van der Waals surface area contributed by atoms with Gasteiger partial charge in [0.15, 0.2) is 0 Å². The summed E-state index contributed by atoms with van der Waals surface area (Å²) in [6.45, 7) is 6.35. The number of allylic oxidation sites excluding steroid dienone is 1. The monoisotopic (exact) mass is 391 g/mol. The molecule has 1 aromatic heterocycles. The highest BCUT2D eigenvalue weighted by Crippen LogP contribution is 2.40. The Labute approximate surface area is 170 Å². The zero-order chi connectivity index (χ0) is 20.4. The summed E-state index contributed by atoms with van der Waals surface area (Å²) in [6, 6.07) is 12.2. The van der Waals surface area contributed by atoms with E-state index in [-0.39, 0.29) is 5.91 Å². The molecule has 29 heavy (non-hydrogen) atoms. The quantitative estimate of drug-likeness (QED) is 0.606. The van der Waals surface area contributed by atoms with Crippen molar-refractivity contribution < 1.29 is 18.7 Å². The molecule has 0 aliphatic carbocycles. The van der Waals surface area contributed by atoms with Gasteiger partial charge >= 0.3 is 0 Å². The summed E-state index contributed by atoms with van der Waals surface area (Å²) in [5, 5.41) is 1.01. The number of rotatable bonds is 4. The Morgan fingerprint density at radius 1 is 1.17 bits per heavy atom. The van der Waals surface area contributed by atoms with Crippen molar-refractivity contribution in [3.05, 3.63) is 59.9 Å². The largest absolute Gasteiger partial charge is 0.496 e. The molecule has 1 fully saturated rings. The minimum absolute atomic E-state index is 0.001000. The fourth-order valence-electron chi connectivity index (χ4n) is 3.85. The maximum absolute atomic E-state index is 12.7. The number of nitrogens with zero attached hydrogens (tertiary/aromatic N) is 1. The third-order valence-electron chi connectivity index (χ3n) is 5.42. The number of benzene rings is 2. The van der Waals surface area contributed by atoms with Crippen LogP contribution in [0.25, 0.3) is 27.7 Å². The van der Waals surface area contributed by atoms with Crippen LogP contribution in [0.4, 0.5) is 0 Å². The lowest BCUT2D eigenvalue weighted by Crippen LogP contribution is -2.39. The van der Waals surface area contributed by atoms with Gasteiger partial charge in [-0.05, 0) is 31.1 Å². The molecule has 5 heteroatoms. The van der Waals surface area contributed by atoms with Crippen LogP contribution in [0, 0.1) is 6.92 Å². The minimum Gasteiger partial charge on any atom is -0.496 e. The molecule has 0 N–H and O–H groups in total. The molecule has 1 amide bonds. The third-order valence-corrected chi connectivity index (χ3v) is 5.42. The maximum atomic E-state index is 12.7. The van der Waals surface area contributed by atoms with E-state index in [0.29, 0.717) is 26.3 Å². The molecule has 4 rings (SSSR count). The second-order valence-corrected chi connectivity index (χ2v) is 7.24. The number of ether oxygens (including phenoxy) is 2. The molecule has 5 nitrogen and oxygen atoms in total. The Bertz CT molecular complexity index is 1060. The first-order valence-electron chi connectivity index (χ1n) is 9.79. The van der Waals surface area contributed by atoms with E-state index in [1.165, 1.54) is 0 Å². The van der Waals surface area contributed by atoms with Crippen molar-refractivity contribution in [2.75, 3.05) is 33.4 Å². The van der Waals surface area contributed by atoms with Crippen LogP contribution in [0.3, 0.4) is 0 Å². The second-order valence-electron chi connectivity index (χ2n) is 7.24. The average Bonchev–Trinajstić information content (AvgIpc) is 3.19. The van der Waals surface area contributed by atoms with Crippen molar-refractivity contribution in [3.63, 3.8) is 0 Å². The van der Waals surface area contributed by atoms with Crippen LogP contribution in [-0.4, -0.2) is 44.2 Å². The van der Waals surface area contributed by atoms with Crippen LogP contribution in [-0.2, 0) is 9.53 Å². The fraction of sp³-hybridized carbons (Fsp3) is 0.292. The van der Waals surface area contributed by atoms with E-state index in [9.17, 15) is 4.79 Å². The van der Waals surface area contributed by atoms with Crippen molar-refractivity contribution >= 4 is 22.4 Å². The van der Waals surface area contributed by atoms with E-state index in [1.54, 1.807) is 19.4 Å². The lowest BCUT2D eigenvalue weighted by Gasteiger charge is -2.26. The van der Waals surface area contributed by atoms with E-state index >= 15 is 0 Å². The number of carbonyl (C=O) groups is 1. The number of hydrogen-bond acceptors (Lipinski definition) is 4. The summed E-state index contributed by atoms with van der Waals surface area (Å²) in [4.78, 5) is 14.5. The van der Waals surface area contributed by atoms with Gasteiger partial charge in [0, 0.05) is 41.2 Å². The molecule has 1 aliphatic rings. The third kappa shape index (κ3) is 3.66. The normalized spacial score (nSPS) is 15.0. The molecule has 1 saturated heterocycles. The van der Waals surface area contributed by atoms with Gasteiger partial charge in [-0.1, -0.05) is 30.3 Å². The molecule has 0 spiro atoms. The Hall–Kier alpha value is -3.05. The average molecular weight is 391 g/mol. The highest BCUT2D eigenvalue weighted by molar-refractivity contribution is 6.01. The number of morpholine rings is 1. The predicted molar refractivity (Wildman–Crippen MR) is 114 cm³/mol. The number of amides is 1. The summed E-state index contributed by atoms with van der Waals surface area (Å²) in [7, 11) is 1.65. The summed E-state index contributed by atoms with van der Waals surface area (Å²) in [5.41, 5.74) is 5.61. The smallest absolute Gasteiger partial charge is 0.247 e. The molecular formula is C24H25NO4. The number of hydrogen-bond donors (Lipinski definition) is 0. The van der Waals surface area contributed by atoms with Crippen LogP contribution < -0.4 is 4.74 Å². The first kappa shape index (κ1) is 19.3. The topological polar surface area (TPSA) is 51.9 Å². The Morgan fingerprint density at radius 2 is 1.90 bits per heavy atom. The molecule has 2 heterocycles. The van der Waals surface area contributed by atoms with Crippen LogP contribution in [0.1, 0.15) is 18.1 Å². The maximum Gasteiger partial charge on any atom is 0.247 e. The summed E-state index contributed by atoms with van der Waals surface area (Å²) in [6.07, 6.45) is 3.48. The van der Waals surface area contributed by atoms with Crippen molar-refractivity contribution in [3.8, 4) is 16.9 Å². The molecule has 3 aromatic rings. The van der Waals surface area contributed by atoms with Gasteiger partial charge in [0.2, 0.25) is 5.91 Å². The van der Waals surface area contributed by atoms with E-state index in [0.717, 1.165) is 44.5 Å². The van der Waals surface area contributed by atoms with Crippen molar-refractivity contribution in [2.24, 2.45) is 0 Å². The van der Waals surface area contributed by atoms with Gasteiger partial charge in [-0.15, -0.1) is 0 Å². The fourth-order valence-corrected chi connectivity index (χ4v) is 3.85. The van der Waals surface area contributed by atoms with Gasteiger partial charge in [0.05, 0.1) is 26.6 Å². The van der Waals surface area contributed by atoms with Gasteiger partial charge in [-0.2, -0.15) is 0 Å². The zero-order valence-corrected chi connectivity index (χ0v) is 17.0. The highest BCUT2D eigenvalue weighted by Gasteiger charge is 2.20. The van der Waals surface area contributed by atoms with E-state index in [2.05, 4.69) is 18.2 Å². The number of carbonyl (C=O) groups excluding carboxylic acids is 1. The molecular weight excluding hydrogens is 366 g/mol. The lowest BCUT2D eigenvalue weighted by atomic mass is 9.96. The van der Waals surface area contributed by atoms with Gasteiger partial charge in [0.1, 0.15) is 11.3 Å². The Balaban J connectivity index is 1.80. The Kier molecular flexibility index (Phi) is 5.41. The van der Waals surface area contributed by atoms with Gasteiger partial charge < -0.3 is 18.8 Å². The number of furan rings is 1. The summed E-state index contributed by atoms with van der Waals surface area (Å²) < 4.78 is 16.9. The van der Waals surface area contributed by atoms with Crippen LogP contribution >= 0.6 is 0 Å². The van der Waals surface area contributed by atoms with Crippen molar-refractivity contribution in [1.29, 1.82) is 0 Å². The molecule has 0 unspecified atom stereocenters. The summed E-state index contributed by atoms with van der Waals surface area (Å²) >= 11 is 0. The first-order valence-corrected chi connectivity index (χ1v) is 9.79. The first-order chi connectivity index (χ1) is 14.1. The SMILES string of the molecule is COc1c(/C(C)=C/C(=O)N2CCOCC2)cc2c(-c3ccccc3)coc2c1C. The van der Waals surface area contributed by atoms with Crippen LogP contribution in [0.15, 0.2) is 53.2 Å². The minimum atomic E-state index is 0.001000. The molecule has 150 valence electrons. The number of methoxy groups -OCH3 is 1.